The number of nitrogen functional groups attached to an aromatic ring is 1. The Hall–Kier alpha value is -3.74. The first-order chi connectivity index (χ1) is 14.6. The van der Waals surface area contributed by atoms with E-state index in [-0.39, 0.29) is 11.2 Å². The van der Waals surface area contributed by atoms with Crippen LogP contribution in [0.1, 0.15) is 30.7 Å². The third-order valence-corrected chi connectivity index (χ3v) is 6.32. The molecule has 6 nitrogen and oxygen atoms in total. The second-order valence-electron chi connectivity index (χ2n) is 7.91. The molecule has 5 aromatic rings. The van der Waals surface area contributed by atoms with Crippen molar-refractivity contribution in [3.8, 4) is 11.1 Å². The molecule has 7 heteroatoms. The van der Waals surface area contributed by atoms with Crippen LogP contribution in [0.5, 0.6) is 0 Å². The Kier molecular flexibility index (Phi) is 3.50. The number of fused-ring (bicyclic) bond motifs is 4. The molecule has 1 saturated carbocycles. The van der Waals surface area contributed by atoms with Crippen molar-refractivity contribution < 1.29 is 4.39 Å². The summed E-state index contributed by atoms with van der Waals surface area (Å²) in [7, 11) is 0. The quantitative estimate of drug-likeness (QED) is 0.377. The van der Waals surface area contributed by atoms with Crippen molar-refractivity contribution in [1.82, 2.24) is 20.2 Å². The number of hydrogen-bond donors (Lipinski definition) is 3. The Bertz CT molecular complexity index is 1530. The van der Waals surface area contributed by atoms with Crippen LogP contribution in [0.3, 0.4) is 0 Å². The van der Waals surface area contributed by atoms with Gasteiger partial charge in [-0.3, -0.25) is 14.9 Å². The van der Waals surface area contributed by atoms with Crippen LogP contribution in [0.4, 0.5) is 10.1 Å². The van der Waals surface area contributed by atoms with Crippen LogP contribution in [-0.2, 0) is 0 Å². The molecule has 148 valence electrons. The zero-order chi connectivity index (χ0) is 20.4. The number of aromatic amines is 2. The maximum absolute atomic E-state index is 14.3. The highest BCUT2D eigenvalue weighted by atomic mass is 19.1. The van der Waals surface area contributed by atoms with Crippen LogP contribution in [0.2, 0.25) is 0 Å². The van der Waals surface area contributed by atoms with Crippen LogP contribution >= 0.6 is 0 Å². The second-order valence-corrected chi connectivity index (χ2v) is 7.91. The van der Waals surface area contributed by atoms with Gasteiger partial charge in [-0.15, -0.1) is 0 Å². The third kappa shape index (κ3) is 2.26. The van der Waals surface area contributed by atoms with Gasteiger partial charge in [0.05, 0.1) is 17.2 Å². The standard InChI is InChI=1S/C23H18FN5O/c24-17-7-6-12(16-10-27-29-22(16)17)18-15-9-14(11-3-1-4-11)20-13(5-2-8-26-20)21(15)28-23(30)19(18)25/h2,5-11H,1,3-4,25H2,(H,27,29)(H,28,30). The molecule has 3 heterocycles. The van der Waals surface area contributed by atoms with E-state index in [9.17, 15) is 9.18 Å². The Labute approximate surface area is 169 Å². The fourth-order valence-electron chi connectivity index (χ4n) is 4.59. The van der Waals surface area contributed by atoms with Gasteiger partial charge < -0.3 is 10.7 Å². The highest BCUT2D eigenvalue weighted by molar-refractivity contribution is 6.15. The molecule has 2 aromatic carbocycles. The van der Waals surface area contributed by atoms with E-state index in [4.69, 9.17) is 5.73 Å². The number of H-pyrrole nitrogens is 2. The van der Waals surface area contributed by atoms with Gasteiger partial charge in [-0.25, -0.2) is 4.39 Å². The molecule has 0 atom stereocenters. The van der Waals surface area contributed by atoms with E-state index in [1.54, 1.807) is 18.5 Å². The number of aromatic nitrogens is 4. The van der Waals surface area contributed by atoms with Gasteiger partial charge in [0.15, 0.2) is 0 Å². The highest BCUT2D eigenvalue weighted by Gasteiger charge is 2.25. The first-order valence-corrected chi connectivity index (χ1v) is 9.98. The van der Waals surface area contributed by atoms with Crippen LogP contribution < -0.4 is 11.3 Å². The van der Waals surface area contributed by atoms with Gasteiger partial charge in [-0.05, 0) is 54.2 Å². The summed E-state index contributed by atoms with van der Waals surface area (Å²) in [6.07, 6.45) is 6.78. The second kappa shape index (κ2) is 6.13. The van der Waals surface area contributed by atoms with Crippen LogP contribution in [0.15, 0.2) is 47.5 Å². The van der Waals surface area contributed by atoms with E-state index < -0.39 is 5.82 Å². The van der Waals surface area contributed by atoms with Crippen molar-refractivity contribution in [3.05, 3.63) is 64.5 Å². The summed E-state index contributed by atoms with van der Waals surface area (Å²) in [4.78, 5) is 20.4. The minimum absolute atomic E-state index is 0.111. The first kappa shape index (κ1) is 17.1. The van der Waals surface area contributed by atoms with E-state index in [1.807, 2.05) is 12.1 Å². The van der Waals surface area contributed by atoms with Gasteiger partial charge in [0.25, 0.3) is 5.56 Å². The minimum Gasteiger partial charge on any atom is -0.394 e. The molecule has 0 bridgehead atoms. The molecule has 3 aromatic heterocycles. The van der Waals surface area contributed by atoms with E-state index >= 15 is 0 Å². The summed E-state index contributed by atoms with van der Waals surface area (Å²) < 4.78 is 14.3. The lowest BCUT2D eigenvalue weighted by molar-refractivity contribution is 0.422. The molecule has 0 saturated heterocycles. The molecule has 0 radical (unpaired) electrons. The molecule has 1 aliphatic carbocycles. The van der Waals surface area contributed by atoms with E-state index in [0.717, 1.165) is 29.1 Å². The Balaban J connectivity index is 1.81. The molecular formula is C23H18FN5O. The van der Waals surface area contributed by atoms with Crippen LogP contribution in [0.25, 0.3) is 43.8 Å². The van der Waals surface area contributed by atoms with Gasteiger partial charge >= 0.3 is 0 Å². The summed E-state index contributed by atoms with van der Waals surface area (Å²) >= 11 is 0. The van der Waals surface area contributed by atoms with Gasteiger partial charge in [0, 0.05) is 27.9 Å². The Morgan fingerprint density at radius 2 is 1.97 bits per heavy atom. The molecule has 1 fully saturated rings. The Morgan fingerprint density at radius 3 is 2.77 bits per heavy atom. The molecule has 30 heavy (non-hydrogen) atoms. The highest BCUT2D eigenvalue weighted by Crippen LogP contribution is 2.44. The average molecular weight is 399 g/mol. The SMILES string of the molecule is Nc1c(-c2ccc(F)c3[nH]ncc23)c2cc(C3CCC3)c3ncccc3c2[nH]c1=O. The summed E-state index contributed by atoms with van der Waals surface area (Å²) in [6.45, 7) is 0. The number of benzene rings is 2. The number of pyridine rings is 2. The Morgan fingerprint density at radius 1 is 1.10 bits per heavy atom. The van der Waals surface area contributed by atoms with E-state index in [2.05, 4.69) is 26.2 Å². The lowest BCUT2D eigenvalue weighted by Gasteiger charge is -2.27. The number of nitrogens with one attached hydrogen (secondary N) is 2. The molecule has 0 unspecified atom stereocenters. The van der Waals surface area contributed by atoms with Crippen molar-refractivity contribution in [3.63, 3.8) is 0 Å². The molecule has 0 amide bonds. The fourth-order valence-corrected chi connectivity index (χ4v) is 4.59. The number of nitrogens with zero attached hydrogens (tertiary/aromatic N) is 2. The van der Waals surface area contributed by atoms with Crippen LogP contribution in [0, 0.1) is 5.82 Å². The number of rotatable bonds is 2. The maximum Gasteiger partial charge on any atom is 0.272 e. The number of hydrogen-bond acceptors (Lipinski definition) is 4. The largest absolute Gasteiger partial charge is 0.394 e. The number of nitrogens with two attached hydrogens (primary N) is 1. The lowest BCUT2D eigenvalue weighted by Crippen LogP contribution is -2.15. The lowest BCUT2D eigenvalue weighted by atomic mass is 9.78. The molecule has 0 spiro atoms. The zero-order valence-corrected chi connectivity index (χ0v) is 16.0. The molecule has 4 N–H and O–H groups in total. The van der Waals surface area contributed by atoms with Crippen molar-refractivity contribution in [2.75, 3.05) is 5.73 Å². The smallest absolute Gasteiger partial charge is 0.272 e. The zero-order valence-electron chi connectivity index (χ0n) is 16.0. The average Bonchev–Trinajstić information content (AvgIpc) is 3.21. The van der Waals surface area contributed by atoms with Crippen LogP contribution in [-0.4, -0.2) is 20.2 Å². The summed E-state index contributed by atoms with van der Waals surface area (Å²) in [5.74, 6) is 0.0405. The topological polar surface area (TPSA) is 100 Å². The normalized spacial score (nSPS) is 14.6. The summed E-state index contributed by atoms with van der Waals surface area (Å²) in [6, 6.07) is 8.98. The monoisotopic (exact) mass is 399 g/mol. The summed E-state index contributed by atoms with van der Waals surface area (Å²) in [5, 5.41) is 9.01. The fraction of sp³-hybridized carbons (Fsp3) is 0.174. The molecular weight excluding hydrogens is 381 g/mol. The van der Waals surface area contributed by atoms with E-state index in [1.165, 1.54) is 18.1 Å². The predicted octanol–water partition coefficient (Wildman–Crippen LogP) is 4.61. The van der Waals surface area contributed by atoms with Crippen molar-refractivity contribution in [1.29, 1.82) is 0 Å². The van der Waals surface area contributed by atoms with Gasteiger partial charge in [0.1, 0.15) is 17.0 Å². The van der Waals surface area contributed by atoms with Gasteiger partial charge in [-0.1, -0.05) is 12.5 Å². The number of anilines is 1. The maximum atomic E-state index is 14.3. The van der Waals surface area contributed by atoms with Gasteiger partial charge in [0.2, 0.25) is 0 Å². The van der Waals surface area contributed by atoms with Crippen molar-refractivity contribution >= 4 is 38.4 Å². The summed E-state index contributed by atoms with van der Waals surface area (Å²) in [5.41, 5.74) is 10.4. The molecule has 1 aliphatic rings. The molecule has 0 aliphatic heterocycles. The molecule has 6 rings (SSSR count). The van der Waals surface area contributed by atoms with Gasteiger partial charge in [-0.2, -0.15) is 5.10 Å². The third-order valence-electron chi connectivity index (χ3n) is 6.32. The van der Waals surface area contributed by atoms with E-state index in [0.29, 0.717) is 33.5 Å². The van der Waals surface area contributed by atoms with Crippen molar-refractivity contribution in [2.45, 2.75) is 25.2 Å². The predicted molar refractivity (Wildman–Crippen MR) is 116 cm³/mol. The minimum atomic E-state index is -0.399. The van der Waals surface area contributed by atoms with Crippen molar-refractivity contribution in [2.24, 2.45) is 0 Å². The first-order valence-electron chi connectivity index (χ1n) is 9.98. The number of halogens is 1.